The normalized spacial score (nSPS) is 11.9. The van der Waals surface area contributed by atoms with Crippen molar-refractivity contribution >= 4 is 17.7 Å². The average molecular weight is 347 g/mol. The summed E-state index contributed by atoms with van der Waals surface area (Å²) in [5.41, 5.74) is 1.06. The van der Waals surface area contributed by atoms with Crippen LogP contribution in [-0.4, -0.2) is 32.6 Å². The average Bonchev–Trinajstić information content (AvgIpc) is 2.58. The van der Waals surface area contributed by atoms with Gasteiger partial charge in [-0.2, -0.15) is 4.68 Å². The zero-order valence-corrected chi connectivity index (χ0v) is 14.5. The minimum Gasteiger partial charge on any atom is -0.353 e. The number of nitrogens with two attached hydrogens (primary N) is 1. The van der Waals surface area contributed by atoms with Crippen LogP contribution < -0.4 is 16.7 Å². The lowest BCUT2D eigenvalue weighted by molar-refractivity contribution is -0.119. The molecule has 7 nitrogen and oxygen atoms in total. The molecule has 24 heavy (non-hydrogen) atoms. The quantitative estimate of drug-likeness (QED) is 0.569. The molecule has 1 aromatic carbocycles. The number of carbonyl (C=O) groups is 1. The molecule has 0 aliphatic heterocycles. The van der Waals surface area contributed by atoms with E-state index in [0.717, 1.165) is 29.3 Å². The maximum atomic E-state index is 12.0. The first-order chi connectivity index (χ1) is 11.5. The smallest absolute Gasteiger partial charge is 0.294 e. The van der Waals surface area contributed by atoms with Crippen molar-refractivity contribution in [2.24, 2.45) is 0 Å². The molecule has 1 amide bonds. The Bertz CT molecular complexity index is 748. The van der Waals surface area contributed by atoms with Crippen LogP contribution in [-0.2, 0) is 11.2 Å². The largest absolute Gasteiger partial charge is 0.353 e. The molecular formula is C16H21N5O2S. The summed E-state index contributed by atoms with van der Waals surface area (Å²) in [6.07, 6.45) is 1.76. The van der Waals surface area contributed by atoms with E-state index in [0.29, 0.717) is 0 Å². The van der Waals surface area contributed by atoms with Crippen LogP contribution in [0, 0.1) is 6.92 Å². The molecule has 2 aromatic rings. The van der Waals surface area contributed by atoms with Gasteiger partial charge in [-0.15, -0.1) is 10.2 Å². The van der Waals surface area contributed by atoms with Crippen molar-refractivity contribution in [2.45, 2.75) is 37.9 Å². The Labute approximate surface area is 144 Å². The Morgan fingerprint density at radius 3 is 2.75 bits per heavy atom. The van der Waals surface area contributed by atoms with Gasteiger partial charge in [0.2, 0.25) is 11.1 Å². The van der Waals surface area contributed by atoms with Crippen LogP contribution in [0.4, 0.5) is 0 Å². The van der Waals surface area contributed by atoms with Crippen LogP contribution >= 0.6 is 11.8 Å². The molecule has 0 spiro atoms. The molecule has 3 N–H and O–H groups in total. The minimum atomic E-state index is -0.413. The summed E-state index contributed by atoms with van der Waals surface area (Å²) in [6.45, 7) is 3.50. The highest BCUT2D eigenvalue weighted by atomic mass is 32.2. The van der Waals surface area contributed by atoms with Crippen molar-refractivity contribution in [3.05, 3.63) is 51.9 Å². The van der Waals surface area contributed by atoms with Gasteiger partial charge in [0.05, 0.1) is 5.75 Å². The number of benzene rings is 1. The van der Waals surface area contributed by atoms with Crippen molar-refractivity contribution in [1.29, 1.82) is 0 Å². The fraction of sp³-hybridized carbons (Fsp3) is 0.375. The highest BCUT2D eigenvalue weighted by Crippen LogP contribution is 2.11. The number of amides is 1. The van der Waals surface area contributed by atoms with Gasteiger partial charge in [-0.1, -0.05) is 42.1 Å². The maximum absolute atomic E-state index is 12.0. The van der Waals surface area contributed by atoms with Crippen molar-refractivity contribution < 1.29 is 4.79 Å². The van der Waals surface area contributed by atoms with Crippen LogP contribution in [0.15, 0.2) is 40.3 Å². The number of hydrogen-bond acceptors (Lipinski definition) is 6. The first-order valence-corrected chi connectivity index (χ1v) is 8.63. The fourth-order valence-electron chi connectivity index (χ4n) is 2.11. The van der Waals surface area contributed by atoms with E-state index in [-0.39, 0.29) is 28.6 Å². The second kappa shape index (κ2) is 8.49. The van der Waals surface area contributed by atoms with E-state index < -0.39 is 5.56 Å². The number of carbonyl (C=O) groups excluding carboxylic acids is 1. The van der Waals surface area contributed by atoms with Crippen LogP contribution in [0.1, 0.15) is 24.6 Å². The first kappa shape index (κ1) is 18.0. The number of nitrogen functional groups attached to an aromatic ring is 1. The van der Waals surface area contributed by atoms with Gasteiger partial charge >= 0.3 is 0 Å². The lowest BCUT2D eigenvalue weighted by Gasteiger charge is -2.14. The summed E-state index contributed by atoms with van der Waals surface area (Å²) in [4.78, 5) is 23.6. The summed E-state index contributed by atoms with van der Waals surface area (Å²) >= 11 is 1.09. The highest BCUT2D eigenvalue weighted by Gasteiger charge is 2.12. The summed E-state index contributed by atoms with van der Waals surface area (Å²) in [7, 11) is 0. The third-order valence-electron chi connectivity index (χ3n) is 3.47. The molecule has 0 aliphatic rings. The Hall–Kier alpha value is -2.35. The number of aryl methyl sites for hydroxylation is 2. The molecule has 1 aromatic heterocycles. The van der Waals surface area contributed by atoms with Gasteiger partial charge < -0.3 is 11.2 Å². The van der Waals surface area contributed by atoms with Gasteiger partial charge in [-0.25, -0.2) is 0 Å². The van der Waals surface area contributed by atoms with E-state index >= 15 is 0 Å². The van der Waals surface area contributed by atoms with E-state index in [1.165, 1.54) is 12.5 Å². The van der Waals surface area contributed by atoms with Crippen LogP contribution in [0.25, 0.3) is 0 Å². The van der Waals surface area contributed by atoms with Crippen LogP contribution in [0.3, 0.4) is 0 Å². The minimum absolute atomic E-state index is 0.0578. The molecule has 0 aliphatic carbocycles. The summed E-state index contributed by atoms with van der Waals surface area (Å²) < 4.78 is 0.916. The van der Waals surface area contributed by atoms with Crippen LogP contribution in [0.5, 0.6) is 0 Å². The van der Waals surface area contributed by atoms with Crippen molar-refractivity contribution in [3.63, 3.8) is 0 Å². The summed E-state index contributed by atoms with van der Waals surface area (Å²) in [5.74, 6) is 5.63. The highest BCUT2D eigenvalue weighted by molar-refractivity contribution is 7.99. The van der Waals surface area contributed by atoms with Crippen molar-refractivity contribution in [2.75, 3.05) is 11.6 Å². The third kappa shape index (κ3) is 5.09. The molecule has 1 atom stereocenters. The number of rotatable bonds is 7. The van der Waals surface area contributed by atoms with E-state index in [9.17, 15) is 9.59 Å². The molecule has 0 unspecified atom stereocenters. The number of nitrogens with one attached hydrogen (secondary N) is 1. The predicted octanol–water partition coefficient (Wildman–Crippen LogP) is 0.890. The zero-order valence-electron chi connectivity index (χ0n) is 13.7. The Morgan fingerprint density at radius 1 is 1.33 bits per heavy atom. The molecule has 0 fully saturated rings. The van der Waals surface area contributed by atoms with Crippen molar-refractivity contribution in [1.82, 2.24) is 20.2 Å². The predicted molar refractivity (Wildman–Crippen MR) is 94.3 cm³/mol. The van der Waals surface area contributed by atoms with E-state index in [1.54, 1.807) is 0 Å². The Kier molecular flexibility index (Phi) is 6.36. The zero-order chi connectivity index (χ0) is 17.5. The molecule has 2 rings (SSSR count). The van der Waals surface area contributed by atoms with E-state index in [4.69, 9.17) is 5.84 Å². The first-order valence-electron chi connectivity index (χ1n) is 7.65. The second-order valence-corrected chi connectivity index (χ2v) is 6.47. The summed E-state index contributed by atoms with van der Waals surface area (Å²) in [5, 5.41) is 10.7. The Balaban J connectivity index is 1.79. The molecule has 0 saturated carbocycles. The molecule has 128 valence electrons. The van der Waals surface area contributed by atoms with Gasteiger partial charge in [0.15, 0.2) is 0 Å². The molecular weight excluding hydrogens is 326 g/mol. The monoisotopic (exact) mass is 347 g/mol. The fourth-order valence-corrected chi connectivity index (χ4v) is 2.78. The standard InChI is InChI=1S/C16H21N5O2S/c1-11(8-9-13-6-4-3-5-7-13)18-14(22)10-24-16-20-19-12(2)15(23)21(16)17/h3-7,11H,8-10,17H2,1-2H3,(H,18,22)/t11-/m0/s1. The second-order valence-electron chi connectivity index (χ2n) is 5.52. The molecule has 8 heteroatoms. The maximum Gasteiger partial charge on any atom is 0.294 e. The molecule has 1 heterocycles. The molecule has 0 saturated heterocycles. The van der Waals surface area contributed by atoms with Gasteiger partial charge in [-0.05, 0) is 32.3 Å². The SMILES string of the molecule is Cc1nnc(SCC(=O)N[C@@H](C)CCc2ccccc2)n(N)c1=O. The molecule has 0 bridgehead atoms. The lowest BCUT2D eigenvalue weighted by Crippen LogP contribution is -2.35. The van der Waals surface area contributed by atoms with Gasteiger partial charge in [-0.3, -0.25) is 9.59 Å². The number of aromatic nitrogens is 3. The van der Waals surface area contributed by atoms with Gasteiger partial charge in [0.25, 0.3) is 5.56 Å². The number of thioether (sulfide) groups is 1. The Morgan fingerprint density at radius 2 is 2.04 bits per heavy atom. The number of nitrogens with zero attached hydrogens (tertiary/aromatic N) is 3. The van der Waals surface area contributed by atoms with Crippen molar-refractivity contribution in [3.8, 4) is 0 Å². The third-order valence-corrected chi connectivity index (χ3v) is 4.41. The topological polar surface area (TPSA) is 103 Å². The lowest BCUT2D eigenvalue weighted by atomic mass is 10.1. The number of hydrogen-bond donors (Lipinski definition) is 2. The van der Waals surface area contributed by atoms with Gasteiger partial charge in [0, 0.05) is 6.04 Å². The van der Waals surface area contributed by atoms with Crippen LogP contribution in [0.2, 0.25) is 0 Å². The molecule has 0 radical (unpaired) electrons. The van der Waals surface area contributed by atoms with Gasteiger partial charge in [0.1, 0.15) is 5.69 Å². The van der Waals surface area contributed by atoms with E-state index in [1.807, 2.05) is 25.1 Å². The van der Waals surface area contributed by atoms with E-state index in [2.05, 4.69) is 27.6 Å². The summed E-state index contributed by atoms with van der Waals surface area (Å²) in [6, 6.07) is 10.2.